The van der Waals surface area contributed by atoms with E-state index in [1.165, 1.54) is 81.0 Å². The molecule has 1 aromatic rings. The number of likely N-dealkylation sites (tertiary alicyclic amines) is 1. The van der Waals surface area contributed by atoms with Crippen LogP contribution < -0.4 is 5.32 Å². The molecule has 3 heteroatoms. The number of benzene rings is 1. The van der Waals surface area contributed by atoms with E-state index in [4.69, 9.17) is 0 Å². The molecule has 0 spiro atoms. The van der Waals surface area contributed by atoms with Gasteiger partial charge in [0.2, 0.25) is 0 Å². The van der Waals surface area contributed by atoms with E-state index in [1.54, 1.807) is 0 Å². The molecule has 0 bridgehead atoms. The summed E-state index contributed by atoms with van der Waals surface area (Å²) in [6.07, 6.45) is 14.4. The van der Waals surface area contributed by atoms with Crippen LogP contribution in [-0.2, 0) is 0 Å². The molecule has 3 atom stereocenters. The maximum Gasteiger partial charge on any atom is 0.0593 e. The predicted molar refractivity (Wildman–Crippen MR) is 115 cm³/mol. The first-order valence-corrected chi connectivity index (χ1v) is 11.7. The van der Waals surface area contributed by atoms with Crippen LogP contribution >= 0.6 is 0 Å². The van der Waals surface area contributed by atoms with Crippen LogP contribution in [0, 0.1) is 5.92 Å². The number of rotatable bonds is 8. The largest absolute Gasteiger partial charge is 0.395 e. The smallest absolute Gasteiger partial charge is 0.0593 e. The SMILES string of the molecule is OC[C@@H]1[C@H](c2ccc(C3=CCCC3)cc2)[C@@H](CNC2CCCC2)N1CC1CC1. The summed E-state index contributed by atoms with van der Waals surface area (Å²) in [5.41, 5.74) is 4.34. The minimum Gasteiger partial charge on any atom is -0.395 e. The minimum atomic E-state index is 0.282. The van der Waals surface area contributed by atoms with E-state index < -0.39 is 0 Å². The van der Waals surface area contributed by atoms with Gasteiger partial charge in [0, 0.05) is 37.1 Å². The summed E-state index contributed by atoms with van der Waals surface area (Å²) in [6.45, 7) is 2.54. The average Bonchev–Trinajstić information content (AvgIpc) is 3.15. The lowest BCUT2D eigenvalue weighted by Crippen LogP contribution is -2.67. The number of nitrogens with zero attached hydrogens (tertiary/aromatic N) is 1. The Bertz CT molecular complexity index is 687. The summed E-state index contributed by atoms with van der Waals surface area (Å²) in [5, 5.41) is 14.1. The molecule has 0 aromatic heterocycles. The summed E-state index contributed by atoms with van der Waals surface area (Å²) in [4.78, 5) is 2.62. The molecule has 0 radical (unpaired) electrons. The first-order valence-electron chi connectivity index (χ1n) is 11.7. The van der Waals surface area contributed by atoms with Gasteiger partial charge in [-0.15, -0.1) is 0 Å². The molecule has 2 N–H and O–H groups in total. The first-order chi connectivity index (χ1) is 13.8. The van der Waals surface area contributed by atoms with Crippen LogP contribution in [0.5, 0.6) is 0 Å². The van der Waals surface area contributed by atoms with Crippen molar-refractivity contribution < 1.29 is 5.11 Å². The van der Waals surface area contributed by atoms with Crippen molar-refractivity contribution >= 4 is 5.57 Å². The van der Waals surface area contributed by atoms with Crippen molar-refractivity contribution in [1.29, 1.82) is 0 Å². The van der Waals surface area contributed by atoms with Crippen LogP contribution in [0.3, 0.4) is 0 Å². The van der Waals surface area contributed by atoms with Gasteiger partial charge in [0.25, 0.3) is 0 Å². The molecule has 152 valence electrons. The molecule has 3 fully saturated rings. The van der Waals surface area contributed by atoms with Crippen LogP contribution in [0.2, 0.25) is 0 Å². The highest BCUT2D eigenvalue weighted by Crippen LogP contribution is 2.44. The fourth-order valence-corrected chi connectivity index (χ4v) is 5.86. The Hall–Kier alpha value is -1.16. The molecule has 3 aliphatic carbocycles. The second kappa shape index (κ2) is 8.30. The Morgan fingerprint density at radius 1 is 0.964 bits per heavy atom. The molecule has 1 aliphatic heterocycles. The molecule has 1 aromatic carbocycles. The van der Waals surface area contributed by atoms with Crippen molar-refractivity contribution in [2.24, 2.45) is 5.92 Å². The van der Waals surface area contributed by atoms with Gasteiger partial charge in [0.15, 0.2) is 0 Å². The summed E-state index contributed by atoms with van der Waals surface area (Å²) >= 11 is 0. The molecule has 3 nitrogen and oxygen atoms in total. The van der Waals surface area contributed by atoms with Crippen LogP contribution in [0.15, 0.2) is 30.3 Å². The van der Waals surface area contributed by atoms with Crippen molar-refractivity contribution in [3.8, 4) is 0 Å². The van der Waals surface area contributed by atoms with Gasteiger partial charge in [-0.3, -0.25) is 4.90 Å². The van der Waals surface area contributed by atoms with Crippen LogP contribution in [0.25, 0.3) is 5.57 Å². The normalized spacial score (nSPS) is 31.2. The Morgan fingerprint density at radius 3 is 2.39 bits per heavy atom. The molecule has 2 saturated carbocycles. The molecule has 4 aliphatic rings. The van der Waals surface area contributed by atoms with Gasteiger partial charge in [0.05, 0.1) is 6.61 Å². The van der Waals surface area contributed by atoms with E-state index in [9.17, 15) is 5.11 Å². The zero-order chi connectivity index (χ0) is 18.9. The zero-order valence-electron chi connectivity index (χ0n) is 17.2. The fraction of sp³-hybridized carbons (Fsp3) is 0.680. The van der Waals surface area contributed by atoms with Crippen molar-refractivity contribution in [3.63, 3.8) is 0 Å². The van der Waals surface area contributed by atoms with Crippen LogP contribution in [0.1, 0.15) is 74.8 Å². The third kappa shape index (κ3) is 3.81. The maximum atomic E-state index is 10.2. The Balaban J connectivity index is 1.31. The summed E-state index contributed by atoms with van der Waals surface area (Å²) < 4.78 is 0. The molecular formula is C25H36N2O. The van der Waals surface area contributed by atoms with Crippen molar-refractivity contribution in [2.45, 2.75) is 81.8 Å². The number of aliphatic hydroxyl groups is 1. The summed E-state index contributed by atoms with van der Waals surface area (Å²) in [6, 6.07) is 10.9. The standard InChI is InChI=1S/C25H36N2O/c28-17-24-25(21-13-11-20(12-14-21)19-5-1-2-6-19)23(27(24)16-18-9-10-18)15-26-22-7-3-4-8-22/h5,11-14,18,22-26,28H,1-4,6-10,15-17H2/t23-,24-,25-/m1/s1. The van der Waals surface area contributed by atoms with E-state index in [1.807, 2.05) is 0 Å². The topological polar surface area (TPSA) is 35.5 Å². The number of allylic oxidation sites excluding steroid dienone is 2. The van der Waals surface area contributed by atoms with Crippen LogP contribution in [0.4, 0.5) is 0 Å². The second-order valence-corrected chi connectivity index (χ2v) is 9.62. The molecular weight excluding hydrogens is 344 g/mol. The van der Waals surface area contributed by atoms with Gasteiger partial charge in [-0.25, -0.2) is 0 Å². The second-order valence-electron chi connectivity index (χ2n) is 9.62. The Labute approximate surface area is 170 Å². The van der Waals surface area contributed by atoms with E-state index in [-0.39, 0.29) is 6.61 Å². The van der Waals surface area contributed by atoms with Crippen molar-refractivity contribution in [3.05, 3.63) is 41.5 Å². The Kier molecular flexibility index (Phi) is 5.58. The number of aliphatic hydroxyl groups excluding tert-OH is 1. The van der Waals surface area contributed by atoms with E-state index in [0.29, 0.717) is 24.0 Å². The van der Waals surface area contributed by atoms with Crippen molar-refractivity contribution in [2.75, 3.05) is 19.7 Å². The average molecular weight is 381 g/mol. The van der Waals surface area contributed by atoms with Gasteiger partial charge in [-0.2, -0.15) is 0 Å². The van der Waals surface area contributed by atoms with E-state index in [0.717, 1.165) is 12.5 Å². The summed E-state index contributed by atoms with van der Waals surface area (Å²) in [5.74, 6) is 1.34. The highest BCUT2D eigenvalue weighted by molar-refractivity contribution is 5.67. The molecule has 1 heterocycles. The van der Waals surface area contributed by atoms with Gasteiger partial charge in [0.1, 0.15) is 0 Å². The molecule has 5 rings (SSSR count). The first kappa shape index (κ1) is 18.8. The number of hydrogen-bond donors (Lipinski definition) is 2. The Morgan fingerprint density at radius 2 is 1.75 bits per heavy atom. The van der Waals surface area contributed by atoms with Crippen LogP contribution in [-0.4, -0.2) is 47.8 Å². The highest BCUT2D eigenvalue weighted by atomic mass is 16.3. The fourth-order valence-electron chi connectivity index (χ4n) is 5.86. The quantitative estimate of drug-likeness (QED) is 0.705. The highest BCUT2D eigenvalue weighted by Gasteiger charge is 2.49. The third-order valence-electron chi connectivity index (χ3n) is 7.71. The van der Waals surface area contributed by atoms with Crippen molar-refractivity contribution in [1.82, 2.24) is 10.2 Å². The minimum absolute atomic E-state index is 0.282. The van der Waals surface area contributed by atoms with E-state index >= 15 is 0 Å². The predicted octanol–water partition coefficient (Wildman–Crippen LogP) is 4.32. The molecule has 28 heavy (non-hydrogen) atoms. The van der Waals surface area contributed by atoms with E-state index in [2.05, 4.69) is 40.6 Å². The molecule has 1 saturated heterocycles. The monoisotopic (exact) mass is 380 g/mol. The lowest BCUT2D eigenvalue weighted by molar-refractivity contribution is -0.0461. The van der Waals surface area contributed by atoms with Gasteiger partial charge >= 0.3 is 0 Å². The maximum absolute atomic E-state index is 10.2. The lowest BCUT2D eigenvalue weighted by atomic mass is 9.74. The lowest BCUT2D eigenvalue weighted by Gasteiger charge is -2.55. The zero-order valence-corrected chi connectivity index (χ0v) is 17.2. The number of hydrogen-bond acceptors (Lipinski definition) is 3. The third-order valence-corrected chi connectivity index (χ3v) is 7.71. The molecule has 0 amide bonds. The van der Waals surface area contributed by atoms with Gasteiger partial charge in [-0.05, 0) is 67.6 Å². The summed E-state index contributed by atoms with van der Waals surface area (Å²) in [7, 11) is 0. The van der Waals surface area contributed by atoms with Gasteiger partial charge in [-0.1, -0.05) is 43.2 Å². The van der Waals surface area contributed by atoms with Gasteiger partial charge < -0.3 is 10.4 Å². The molecule has 0 unspecified atom stereocenters. The number of nitrogens with one attached hydrogen (secondary N) is 1.